The van der Waals surface area contributed by atoms with Crippen molar-refractivity contribution >= 4 is 34.6 Å². The molecular formula is C30H26ClN3O3. The topological polar surface area (TPSA) is 54.4 Å². The monoisotopic (exact) mass is 511 g/mol. The van der Waals surface area contributed by atoms with Gasteiger partial charge in [-0.15, -0.1) is 5.10 Å². The molecule has 37 heavy (non-hydrogen) atoms. The lowest BCUT2D eigenvalue weighted by Gasteiger charge is -2.33. The molecule has 0 fully saturated rings. The first-order valence-electron chi connectivity index (χ1n) is 11.9. The van der Waals surface area contributed by atoms with Gasteiger partial charge >= 0.3 is 0 Å². The molecular weight excluding hydrogens is 486 g/mol. The summed E-state index contributed by atoms with van der Waals surface area (Å²) in [6.45, 7) is 1.93. The molecule has 7 heteroatoms. The third-order valence-corrected chi connectivity index (χ3v) is 6.35. The number of methoxy groups -OCH3 is 1. The Labute approximate surface area is 221 Å². The molecule has 0 amide bonds. The molecule has 1 heterocycles. The first-order valence-corrected chi connectivity index (χ1v) is 12.3. The number of nitrogens with zero attached hydrogens (tertiary/aromatic N) is 3. The zero-order valence-electron chi connectivity index (χ0n) is 20.5. The fourth-order valence-corrected chi connectivity index (χ4v) is 4.43. The molecule has 0 radical (unpaired) electrons. The lowest BCUT2D eigenvalue weighted by atomic mass is 10.1. The number of hydrogen-bond acceptors (Lipinski definition) is 6. The molecule has 0 spiro atoms. The number of hydrogen-bond donors (Lipinski definition) is 0. The van der Waals surface area contributed by atoms with E-state index in [1.54, 1.807) is 7.11 Å². The van der Waals surface area contributed by atoms with Crippen molar-refractivity contribution in [3.05, 3.63) is 119 Å². The van der Waals surface area contributed by atoms with Crippen molar-refractivity contribution in [2.45, 2.75) is 19.7 Å². The summed E-state index contributed by atoms with van der Waals surface area (Å²) in [6.07, 6.45) is -0.486. The molecule has 0 aliphatic carbocycles. The van der Waals surface area contributed by atoms with E-state index in [2.05, 4.69) is 0 Å². The predicted octanol–water partition coefficient (Wildman–Crippen LogP) is 6.86. The van der Waals surface area contributed by atoms with Crippen molar-refractivity contribution < 1.29 is 14.3 Å². The fraction of sp³-hybridized carbons (Fsp3) is 0.133. The molecule has 1 atom stereocenters. The lowest BCUT2D eigenvalue weighted by molar-refractivity contribution is -0.111. The van der Waals surface area contributed by atoms with Gasteiger partial charge in [-0.2, -0.15) is 0 Å². The number of amidine groups is 1. The molecule has 0 N–H and O–H groups in total. The standard InChI is InChI=1S/C30H26ClN3O3/c1-21(35)29-32-34(25-14-12-23(31)13-15-25)30(33(29)24-16-18-26(36-2)19-17-24)27-10-6-7-11-28(27)37-20-22-8-4-3-5-9-22/h3-19,30H,20H2,1-2H3/t30-/m1/s1. The summed E-state index contributed by atoms with van der Waals surface area (Å²) in [5.74, 6) is 1.60. The number of anilines is 2. The third-order valence-electron chi connectivity index (χ3n) is 6.10. The Balaban J connectivity index is 1.62. The summed E-state index contributed by atoms with van der Waals surface area (Å²) >= 11 is 6.18. The number of carbonyl (C=O) groups is 1. The van der Waals surface area contributed by atoms with E-state index in [0.717, 1.165) is 28.3 Å². The minimum atomic E-state index is -0.486. The highest BCUT2D eigenvalue weighted by molar-refractivity contribution is 6.44. The Bertz CT molecular complexity index is 1410. The van der Waals surface area contributed by atoms with Gasteiger partial charge in [0.1, 0.15) is 18.1 Å². The Morgan fingerprint density at radius 1 is 0.865 bits per heavy atom. The van der Waals surface area contributed by atoms with Gasteiger partial charge in [-0.1, -0.05) is 60.1 Å². The van der Waals surface area contributed by atoms with Crippen molar-refractivity contribution in [1.82, 2.24) is 0 Å². The van der Waals surface area contributed by atoms with Crippen LogP contribution in [0.1, 0.15) is 24.2 Å². The number of rotatable bonds is 8. The maximum Gasteiger partial charge on any atom is 0.198 e. The van der Waals surface area contributed by atoms with E-state index >= 15 is 0 Å². The molecule has 4 aromatic rings. The van der Waals surface area contributed by atoms with Crippen LogP contribution in [0.3, 0.4) is 0 Å². The van der Waals surface area contributed by atoms with Crippen molar-refractivity contribution in [3.8, 4) is 11.5 Å². The molecule has 1 aliphatic heterocycles. The molecule has 5 rings (SSSR count). The average Bonchev–Trinajstić information content (AvgIpc) is 3.34. The van der Waals surface area contributed by atoms with Gasteiger partial charge in [-0.25, -0.2) is 5.01 Å². The zero-order chi connectivity index (χ0) is 25.8. The first-order chi connectivity index (χ1) is 18.0. The summed E-state index contributed by atoms with van der Waals surface area (Å²) in [4.78, 5) is 14.8. The van der Waals surface area contributed by atoms with Gasteiger partial charge in [-0.3, -0.25) is 9.69 Å². The highest BCUT2D eigenvalue weighted by atomic mass is 35.5. The number of para-hydroxylation sites is 1. The highest BCUT2D eigenvalue weighted by Crippen LogP contribution is 2.42. The highest BCUT2D eigenvalue weighted by Gasteiger charge is 2.40. The number of hydrazone groups is 1. The van der Waals surface area contributed by atoms with Crippen LogP contribution >= 0.6 is 11.6 Å². The molecule has 0 saturated heterocycles. The first kappa shape index (κ1) is 24.4. The van der Waals surface area contributed by atoms with Crippen LogP contribution < -0.4 is 19.4 Å². The van der Waals surface area contributed by atoms with Crippen LogP contribution in [-0.4, -0.2) is 18.7 Å². The van der Waals surface area contributed by atoms with Crippen LogP contribution in [-0.2, 0) is 11.4 Å². The summed E-state index contributed by atoms with van der Waals surface area (Å²) < 4.78 is 11.7. The smallest absolute Gasteiger partial charge is 0.198 e. The number of carbonyl (C=O) groups excluding carboxylic acids is 1. The van der Waals surface area contributed by atoms with Gasteiger partial charge in [0.25, 0.3) is 0 Å². The van der Waals surface area contributed by atoms with E-state index in [9.17, 15) is 4.79 Å². The Hall–Kier alpha value is -4.29. The SMILES string of the molecule is COc1ccc(N2C(C(C)=O)=NN(c3ccc(Cl)cc3)[C@@H]2c2ccccc2OCc2ccccc2)cc1. The number of Topliss-reactive ketones (excluding diaryl/α,β-unsaturated/α-hetero) is 1. The molecule has 0 unspecified atom stereocenters. The molecule has 186 valence electrons. The van der Waals surface area contributed by atoms with E-state index in [1.807, 2.05) is 113 Å². The Kier molecular flexibility index (Phi) is 7.10. The van der Waals surface area contributed by atoms with Crippen LogP contribution in [0.25, 0.3) is 0 Å². The number of ether oxygens (including phenoxy) is 2. The van der Waals surface area contributed by atoms with Crippen LogP contribution in [0, 0.1) is 0 Å². The summed E-state index contributed by atoms with van der Waals surface area (Å²) in [7, 11) is 1.62. The number of ketones is 1. The normalized spacial score (nSPS) is 14.9. The Morgan fingerprint density at radius 2 is 1.51 bits per heavy atom. The maximum atomic E-state index is 12.9. The van der Waals surface area contributed by atoms with Crippen LogP contribution in [0.4, 0.5) is 11.4 Å². The summed E-state index contributed by atoms with van der Waals surface area (Å²) in [5.41, 5.74) is 3.52. The van der Waals surface area contributed by atoms with Crippen molar-refractivity contribution in [2.24, 2.45) is 5.10 Å². The minimum Gasteiger partial charge on any atom is -0.497 e. The van der Waals surface area contributed by atoms with E-state index in [-0.39, 0.29) is 5.78 Å². The van der Waals surface area contributed by atoms with Gasteiger partial charge in [0, 0.05) is 23.2 Å². The predicted molar refractivity (Wildman–Crippen MR) is 147 cm³/mol. The average molecular weight is 512 g/mol. The molecule has 0 aromatic heterocycles. The third kappa shape index (κ3) is 5.15. The number of benzene rings is 4. The zero-order valence-corrected chi connectivity index (χ0v) is 21.3. The van der Waals surface area contributed by atoms with Crippen LogP contribution in [0.15, 0.2) is 108 Å². The van der Waals surface area contributed by atoms with Crippen molar-refractivity contribution in [1.29, 1.82) is 0 Å². The summed E-state index contributed by atoms with van der Waals surface area (Å²) in [6, 6.07) is 32.8. The maximum absolute atomic E-state index is 12.9. The molecule has 1 aliphatic rings. The second-order valence-corrected chi connectivity index (χ2v) is 8.99. The summed E-state index contributed by atoms with van der Waals surface area (Å²) in [5, 5.41) is 7.26. The van der Waals surface area contributed by atoms with Gasteiger partial charge < -0.3 is 9.47 Å². The Morgan fingerprint density at radius 3 is 2.19 bits per heavy atom. The van der Waals surface area contributed by atoms with Gasteiger partial charge in [-0.05, 0) is 60.2 Å². The van der Waals surface area contributed by atoms with Crippen LogP contribution in [0.2, 0.25) is 5.02 Å². The molecule has 0 saturated carbocycles. The molecule has 6 nitrogen and oxygen atoms in total. The van der Waals surface area contributed by atoms with Crippen molar-refractivity contribution in [2.75, 3.05) is 17.0 Å². The second kappa shape index (κ2) is 10.8. The van der Waals surface area contributed by atoms with E-state index in [1.165, 1.54) is 6.92 Å². The van der Waals surface area contributed by atoms with E-state index in [4.69, 9.17) is 26.2 Å². The van der Waals surface area contributed by atoms with Gasteiger partial charge in [0.15, 0.2) is 17.8 Å². The largest absolute Gasteiger partial charge is 0.497 e. The van der Waals surface area contributed by atoms with Crippen LogP contribution in [0.5, 0.6) is 11.5 Å². The fourth-order valence-electron chi connectivity index (χ4n) is 4.30. The second-order valence-electron chi connectivity index (χ2n) is 8.55. The quantitative estimate of drug-likeness (QED) is 0.259. The lowest BCUT2D eigenvalue weighted by Crippen LogP contribution is -2.38. The van der Waals surface area contributed by atoms with Gasteiger partial charge in [0.2, 0.25) is 0 Å². The molecule has 0 bridgehead atoms. The van der Waals surface area contributed by atoms with E-state index in [0.29, 0.717) is 23.2 Å². The minimum absolute atomic E-state index is 0.153. The number of halogens is 1. The van der Waals surface area contributed by atoms with E-state index < -0.39 is 6.17 Å². The van der Waals surface area contributed by atoms with Gasteiger partial charge in [0.05, 0.1) is 12.8 Å². The van der Waals surface area contributed by atoms with Crippen molar-refractivity contribution in [3.63, 3.8) is 0 Å². The molecule has 4 aromatic carbocycles.